The molecule has 0 aliphatic carbocycles. The van der Waals surface area contributed by atoms with Crippen LogP contribution in [0, 0.1) is 0 Å². The molecule has 2 heteroatoms. The molecule has 170 valence electrons. The number of hydrogen-bond acceptors (Lipinski definition) is 2. The van der Waals surface area contributed by atoms with Crippen molar-refractivity contribution in [3.63, 3.8) is 0 Å². The molecule has 0 saturated heterocycles. The number of benzene rings is 3. The van der Waals surface area contributed by atoms with E-state index in [1.54, 1.807) is 0 Å². The lowest BCUT2D eigenvalue weighted by atomic mass is 9.98. The smallest absolute Gasteiger partial charge is 0.128 e. The number of unbranched alkanes of at least 4 members (excludes halogenated alkanes) is 9. The van der Waals surface area contributed by atoms with Crippen molar-refractivity contribution in [3.8, 4) is 33.8 Å². The quantitative estimate of drug-likeness (QED) is 0.258. The van der Waals surface area contributed by atoms with E-state index in [1.165, 1.54) is 57.8 Å². The van der Waals surface area contributed by atoms with E-state index in [0.29, 0.717) is 6.61 Å². The van der Waals surface area contributed by atoms with Gasteiger partial charge in [-0.2, -0.15) is 0 Å². The van der Waals surface area contributed by atoms with Gasteiger partial charge in [-0.15, -0.1) is 0 Å². The molecule has 2 nitrogen and oxygen atoms in total. The molecule has 0 radical (unpaired) electrons. The Kier molecular flexibility index (Phi) is 10.2. The summed E-state index contributed by atoms with van der Waals surface area (Å²) < 4.78 is 6.27. The molecule has 0 amide bonds. The highest BCUT2D eigenvalue weighted by Crippen LogP contribution is 2.40. The van der Waals surface area contributed by atoms with Gasteiger partial charge in [0.15, 0.2) is 0 Å². The van der Waals surface area contributed by atoms with E-state index in [1.807, 2.05) is 60.7 Å². The second kappa shape index (κ2) is 13.6. The van der Waals surface area contributed by atoms with Crippen LogP contribution in [0.3, 0.4) is 0 Å². The van der Waals surface area contributed by atoms with Crippen LogP contribution in [0.15, 0.2) is 72.8 Å². The zero-order chi connectivity index (χ0) is 22.4. The minimum Gasteiger partial charge on any atom is -0.507 e. The predicted molar refractivity (Wildman–Crippen MR) is 136 cm³/mol. The molecular weight excluding hydrogens is 392 g/mol. The van der Waals surface area contributed by atoms with Gasteiger partial charge in [-0.05, 0) is 29.7 Å². The van der Waals surface area contributed by atoms with Crippen molar-refractivity contribution in [3.05, 3.63) is 72.8 Å². The summed E-state index contributed by atoms with van der Waals surface area (Å²) in [6.07, 6.45) is 13.1. The summed E-state index contributed by atoms with van der Waals surface area (Å²) in [5.74, 6) is 1.12. The van der Waals surface area contributed by atoms with Gasteiger partial charge < -0.3 is 9.84 Å². The molecule has 1 N–H and O–H groups in total. The van der Waals surface area contributed by atoms with E-state index in [9.17, 15) is 5.11 Å². The van der Waals surface area contributed by atoms with Crippen molar-refractivity contribution in [2.75, 3.05) is 6.61 Å². The summed E-state index contributed by atoms with van der Waals surface area (Å²) in [6.45, 7) is 2.97. The summed E-state index contributed by atoms with van der Waals surface area (Å²) in [7, 11) is 0. The lowest BCUT2D eigenvalue weighted by molar-refractivity contribution is 0.305. The Morgan fingerprint density at radius 2 is 1.09 bits per heavy atom. The SMILES string of the molecule is CCCCCCCCCCCCOc1cc(-c2ccccc2)c(O)cc1-c1ccccc1. The molecule has 0 atom stereocenters. The Bertz CT molecular complexity index is 903. The van der Waals surface area contributed by atoms with Gasteiger partial charge in [-0.3, -0.25) is 0 Å². The van der Waals surface area contributed by atoms with Gasteiger partial charge in [0.05, 0.1) is 6.61 Å². The number of ether oxygens (including phenoxy) is 1. The van der Waals surface area contributed by atoms with Gasteiger partial charge in [-0.25, -0.2) is 0 Å². The van der Waals surface area contributed by atoms with Crippen LogP contribution in [0.5, 0.6) is 11.5 Å². The van der Waals surface area contributed by atoms with E-state index >= 15 is 0 Å². The van der Waals surface area contributed by atoms with Crippen LogP contribution in [0.2, 0.25) is 0 Å². The first kappa shape index (κ1) is 23.9. The molecule has 0 aliphatic heterocycles. The van der Waals surface area contributed by atoms with E-state index in [2.05, 4.69) is 19.1 Å². The predicted octanol–water partition coefficient (Wildman–Crippen LogP) is 9.03. The largest absolute Gasteiger partial charge is 0.507 e. The minimum absolute atomic E-state index is 0.279. The highest BCUT2D eigenvalue weighted by atomic mass is 16.5. The van der Waals surface area contributed by atoms with Crippen molar-refractivity contribution >= 4 is 0 Å². The molecule has 0 aromatic heterocycles. The fraction of sp³-hybridized carbons (Fsp3) is 0.400. The summed E-state index contributed by atoms with van der Waals surface area (Å²) in [5.41, 5.74) is 3.80. The minimum atomic E-state index is 0.279. The van der Waals surface area contributed by atoms with Crippen LogP contribution >= 0.6 is 0 Å². The fourth-order valence-corrected chi connectivity index (χ4v) is 4.15. The molecule has 0 heterocycles. The lowest BCUT2D eigenvalue weighted by Gasteiger charge is -2.15. The van der Waals surface area contributed by atoms with Crippen LogP contribution in [-0.2, 0) is 0 Å². The zero-order valence-electron chi connectivity index (χ0n) is 19.6. The lowest BCUT2D eigenvalue weighted by Crippen LogP contribution is -1.99. The Morgan fingerprint density at radius 1 is 0.594 bits per heavy atom. The standard InChI is InChI=1S/C30H38O2/c1-2-3-4-5-6-7-8-9-10-17-22-32-30-24-27(25-18-13-11-14-19-25)29(31)23-28(30)26-20-15-12-16-21-26/h11-16,18-21,23-24,31H,2-10,17,22H2,1H3. The summed E-state index contributed by atoms with van der Waals surface area (Å²) in [4.78, 5) is 0. The highest BCUT2D eigenvalue weighted by Gasteiger charge is 2.13. The number of hydrogen-bond donors (Lipinski definition) is 1. The van der Waals surface area contributed by atoms with E-state index in [0.717, 1.165) is 34.4 Å². The molecule has 0 saturated carbocycles. The molecule has 0 aliphatic rings. The third kappa shape index (κ3) is 7.44. The van der Waals surface area contributed by atoms with Crippen LogP contribution < -0.4 is 4.74 Å². The van der Waals surface area contributed by atoms with Gasteiger partial charge in [0, 0.05) is 11.1 Å². The maximum Gasteiger partial charge on any atom is 0.128 e. The normalized spacial score (nSPS) is 10.9. The van der Waals surface area contributed by atoms with Gasteiger partial charge in [0.1, 0.15) is 11.5 Å². The summed E-state index contributed by atoms with van der Waals surface area (Å²) >= 11 is 0. The van der Waals surface area contributed by atoms with E-state index in [4.69, 9.17) is 4.74 Å². The molecule has 0 bridgehead atoms. The van der Waals surface area contributed by atoms with E-state index < -0.39 is 0 Å². The second-order valence-electron chi connectivity index (χ2n) is 8.63. The fourth-order valence-electron chi connectivity index (χ4n) is 4.15. The summed E-state index contributed by atoms with van der Waals surface area (Å²) in [5, 5.41) is 10.7. The maximum atomic E-state index is 10.7. The monoisotopic (exact) mass is 430 g/mol. The number of phenols is 1. The van der Waals surface area contributed by atoms with Crippen LogP contribution in [-0.4, -0.2) is 11.7 Å². The number of aromatic hydroxyl groups is 1. The van der Waals surface area contributed by atoms with Crippen molar-refractivity contribution in [1.82, 2.24) is 0 Å². The molecule has 3 aromatic rings. The van der Waals surface area contributed by atoms with Crippen molar-refractivity contribution in [1.29, 1.82) is 0 Å². The Labute approximate surface area is 194 Å². The maximum absolute atomic E-state index is 10.7. The average Bonchev–Trinajstić information content (AvgIpc) is 2.84. The third-order valence-electron chi connectivity index (χ3n) is 6.02. The summed E-state index contributed by atoms with van der Waals surface area (Å²) in [6, 6.07) is 24.0. The molecule has 3 aromatic carbocycles. The van der Waals surface area contributed by atoms with Crippen molar-refractivity contribution in [2.45, 2.75) is 71.1 Å². The topological polar surface area (TPSA) is 29.5 Å². The molecule has 3 rings (SSSR count). The average molecular weight is 431 g/mol. The van der Waals surface area contributed by atoms with Gasteiger partial charge >= 0.3 is 0 Å². The molecule has 32 heavy (non-hydrogen) atoms. The molecular formula is C30H38O2. The van der Waals surface area contributed by atoms with Gasteiger partial charge in [-0.1, -0.05) is 125 Å². The zero-order valence-corrected chi connectivity index (χ0v) is 19.6. The Morgan fingerprint density at radius 3 is 1.66 bits per heavy atom. The van der Waals surface area contributed by atoms with E-state index in [-0.39, 0.29) is 5.75 Å². The molecule has 0 fully saturated rings. The first-order valence-electron chi connectivity index (χ1n) is 12.4. The van der Waals surface area contributed by atoms with Crippen LogP contribution in [0.25, 0.3) is 22.3 Å². The second-order valence-corrected chi connectivity index (χ2v) is 8.63. The van der Waals surface area contributed by atoms with Crippen LogP contribution in [0.1, 0.15) is 71.1 Å². The first-order valence-corrected chi connectivity index (χ1v) is 12.4. The Hall–Kier alpha value is -2.74. The third-order valence-corrected chi connectivity index (χ3v) is 6.02. The Balaban J connectivity index is 1.57. The number of rotatable bonds is 14. The highest BCUT2D eigenvalue weighted by molar-refractivity contribution is 5.80. The van der Waals surface area contributed by atoms with Gasteiger partial charge in [0.2, 0.25) is 0 Å². The molecule has 0 unspecified atom stereocenters. The molecule has 0 spiro atoms. The van der Waals surface area contributed by atoms with Crippen molar-refractivity contribution in [2.24, 2.45) is 0 Å². The van der Waals surface area contributed by atoms with Crippen LogP contribution in [0.4, 0.5) is 0 Å². The van der Waals surface area contributed by atoms with Crippen molar-refractivity contribution < 1.29 is 9.84 Å². The first-order chi connectivity index (χ1) is 15.8. The van der Waals surface area contributed by atoms with Gasteiger partial charge in [0.25, 0.3) is 0 Å². The number of phenolic OH excluding ortho intramolecular Hbond substituents is 1.